The Hall–Kier alpha value is -5.03. The van der Waals surface area contributed by atoms with Gasteiger partial charge in [-0.3, -0.25) is 9.48 Å². The van der Waals surface area contributed by atoms with E-state index in [2.05, 4.69) is 20.1 Å². The number of alkyl halides is 5. The number of ether oxygens (including phenoxy) is 1. The van der Waals surface area contributed by atoms with Gasteiger partial charge in [0.05, 0.1) is 46.4 Å². The molecule has 0 fully saturated rings. The average Bonchev–Trinajstić information content (AvgIpc) is 3.68. The molecule has 0 spiro atoms. The first-order valence-corrected chi connectivity index (χ1v) is 13.4. The van der Waals surface area contributed by atoms with Gasteiger partial charge in [0.15, 0.2) is 17.7 Å². The third-order valence-corrected chi connectivity index (χ3v) is 7.09. The van der Waals surface area contributed by atoms with E-state index >= 15 is 4.39 Å². The van der Waals surface area contributed by atoms with Crippen LogP contribution in [-0.2, 0) is 10.9 Å². The zero-order valence-corrected chi connectivity index (χ0v) is 23.7. The van der Waals surface area contributed by atoms with Crippen LogP contribution in [-0.4, -0.2) is 43.9 Å². The number of aromatic nitrogens is 6. The van der Waals surface area contributed by atoms with Crippen molar-refractivity contribution in [1.82, 2.24) is 24.8 Å². The summed E-state index contributed by atoms with van der Waals surface area (Å²) in [4.78, 5) is 11.4. The van der Waals surface area contributed by atoms with Crippen LogP contribution in [0.3, 0.4) is 0 Å². The van der Waals surface area contributed by atoms with E-state index in [-0.39, 0.29) is 40.1 Å². The van der Waals surface area contributed by atoms with E-state index < -0.39 is 53.7 Å². The summed E-state index contributed by atoms with van der Waals surface area (Å²) in [5.41, 5.74) is 3.30. The van der Waals surface area contributed by atoms with Crippen molar-refractivity contribution in [2.24, 2.45) is 5.73 Å². The lowest BCUT2D eigenvalue weighted by Gasteiger charge is -2.18. The van der Waals surface area contributed by atoms with Crippen LogP contribution in [0.25, 0.3) is 27.9 Å². The maximum Gasteiger partial charge on any atom is 0.436 e. The first-order valence-electron chi connectivity index (χ1n) is 13.0. The first kappa shape index (κ1) is 32.4. The molecule has 1 amide bonds. The highest BCUT2D eigenvalue weighted by molar-refractivity contribution is 6.31. The molecule has 5 rings (SSSR count). The minimum atomic E-state index is -4.83. The Morgan fingerprint density at radius 1 is 1.07 bits per heavy atom. The van der Waals surface area contributed by atoms with Crippen LogP contribution in [0, 0.1) is 16.8 Å². The number of carbonyl (C=O) groups is 1. The van der Waals surface area contributed by atoms with Gasteiger partial charge in [-0.25, -0.2) is 13.5 Å². The second kappa shape index (κ2) is 12.8. The Balaban J connectivity index is 1.54. The smallest absolute Gasteiger partial charge is 0.436 e. The zero-order chi connectivity index (χ0) is 33.3. The van der Waals surface area contributed by atoms with Gasteiger partial charge in [0.2, 0.25) is 5.69 Å². The molecule has 10 nitrogen and oxygen atoms in total. The summed E-state index contributed by atoms with van der Waals surface area (Å²) < 4.78 is 101. The third-order valence-electron chi connectivity index (χ3n) is 6.80. The fourth-order valence-corrected chi connectivity index (χ4v) is 4.81. The van der Waals surface area contributed by atoms with E-state index in [1.54, 1.807) is 0 Å². The fourth-order valence-electron chi connectivity index (χ4n) is 4.65. The van der Waals surface area contributed by atoms with E-state index in [1.807, 2.05) is 0 Å². The van der Waals surface area contributed by atoms with Gasteiger partial charge in [0.1, 0.15) is 11.9 Å². The number of benzene rings is 2. The maximum atomic E-state index is 15.4. The van der Waals surface area contributed by atoms with Crippen LogP contribution < -0.4 is 10.5 Å². The van der Waals surface area contributed by atoms with Crippen LogP contribution in [0.15, 0.2) is 67.3 Å². The zero-order valence-electron chi connectivity index (χ0n) is 22.9. The number of nitrogens with two attached hydrogens (primary N) is 1. The highest BCUT2D eigenvalue weighted by Gasteiger charge is 2.35. The monoisotopic (exact) mass is 669 g/mol. The number of rotatable bonds is 10. The van der Waals surface area contributed by atoms with Gasteiger partial charge in [0, 0.05) is 24.2 Å². The summed E-state index contributed by atoms with van der Waals surface area (Å²) in [5, 5.41) is 23.7. The van der Waals surface area contributed by atoms with Crippen molar-refractivity contribution >= 4 is 17.5 Å². The standard InChI is InChI=1S/C28H19ClF7N7O3/c29-18-4-6-22(42-13-23(39-40-42)28(34,35)36)24(25(18)31)15-2-5-21(43(45)12-15)20(7-8-46-27(32)33)41-11-16(10-38-41)14-1-3-17(26(37)44)19(30)9-14/h1-6,9-13,20,27H,7-8H2,(H2,37,44). The molecule has 2 aromatic carbocycles. The molecule has 18 heteroatoms. The lowest BCUT2D eigenvalue weighted by atomic mass is 10.0. The molecule has 0 saturated carbocycles. The van der Waals surface area contributed by atoms with Gasteiger partial charge >= 0.3 is 12.8 Å². The predicted molar refractivity (Wildman–Crippen MR) is 147 cm³/mol. The van der Waals surface area contributed by atoms with Crippen molar-refractivity contribution in [3.63, 3.8) is 0 Å². The molecule has 5 aromatic rings. The van der Waals surface area contributed by atoms with Crippen molar-refractivity contribution in [3.8, 4) is 27.9 Å². The van der Waals surface area contributed by atoms with Gasteiger partial charge in [-0.1, -0.05) is 22.9 Å². The minimum Gasteiger partial charge on any atom is -0.618 e. The molecule has 0 aliphatic rings. The first-order chi connectivity index (χ1) is 21.7. The normalized spacial score (nSPS) is 12.5. The Kier molecular flexibility index (Phi) is 8.98. The predicted octanol–water partition coefficient (Wildman–Crippen LogP) is 5.70. The second-order valence-corrected chi connectivity index (χ2v) is 10.1. The van der Waals surface area contributed by atoms with E-state index in [0.29, 0.717) is 21.2 Å². The molecule has 1 unspecified atom stereocenters. The Labute approximate surface area is 259 Å². The molecule has 3 aromatic heterocycles. The van der Waals surface area contributed by atoms with Crippen molar-refractivity contribution in [2.75, 3.05) is 6.61 Å². The summed E-state index contributed by atoms with van der Waals surface area (Å²) in [6, 6.07) is 7.36. The van der Waals surface area contributed by atoms with Crippen molar-refractivity contribution < 1.29 is 45.0 Å². The van der Waals surface area contributed by atoms with Crippen LogP contribution in [0.2, 0.25) is 5.02 Å². The fraction of sp³-hybridized carbons (Fsp3) is 0.179. The number of halogens is 8. The average molecular weight is 670 g/mol. The van der Waals surface area contributed by atoms with E-state index in [4.69, 9.17) is 17.3 Å². The number of hydrogen-bond acceptors (Lipinski definition) is 6. The van der Waals surface area contributed by atoms with Gasteiger partial charge in [-0.2, -0.15) is 31.8 Å². The van der Waals surface area contributed by atoms with E-state index in [9.17, 15) is 36.3 Å². The third kappa shape index (κ3) is 6.64. The molecule has 0 saturated heterocycles. The highest BCUT2D eigenvalue weighted by Crippen LogP contribution is 2.35. The van der Waals surface area contributed by atoms with Gasteiger partial charge in [0.25, 0.3) is 5.91 Å². The molecular formula is C28H19ClF7N7O3. The summed E-state index contributed by atoms with van der Waals surface area (Å²) in [6.07, 6.45) is -0.884. The summed E-state index contributed by atoms with van der Waals surface area (Å²) in [5.74, 6) is -2.93. The number of primary amides is 1. The lowest BCUT2D eigenvalue weighted by Crippen LogP contribution is -2.36. The van der Waals surface area contributed by atoms with Crippen LogP contribution in [0.5, 0.6) is 0 Å². The number of hydrogen-bond donors (Lipinski definition) is 1. The summed E-state index contributed by atoms with van der Waals surface area (Å²) in [7, 11) is 0. The van der Waals surface area contributed by atoms with Crippen LogP contribution in [0.4, 0.5) is 30.7 Å². The minimum absolute atomic E-state index is 0.0735. The quantitative estimate of drug-likeness (QED) is 0.116. The van der Waals surface area contributed by atoms with Crippen LogP contribution >= 0.6 is 11.6 Å². The van der Waals surface area contributed by atoms with Gasteiger partial charge < -0.3 is 15.7 Å². The van der Waals surface area contributed by atoms with Crippen LogP contribution in [0.1, 0.15) is 34.2 Å². The topological polar surface area (TPSA) is 128 Å². The van der Waals surface area contributed by atoms with Crippen molar-refractivity contribution in [3.05, 3.63) is 106 Å². The molecule has 0 radical (unpaired) electrons. The number of amides is 1. The number of carbonyl (C=O) groups excluding carboxylic acids is 1. The maximum absolute atomic E-state index is 15.4. The summed E-state index contributed by atoms with van der Waals surface area (Å²) >= 11 is 5.95. The van der Waals surface area contributed by atoms with Crippen molar-refractivity contribution in [1.29, 1.82) is 0 Å². The van der Waals surface area contributed by atoms with Gasteiger partial charge in [-0.15, -0.1) is 5.10 Å². The highest BCUT2D eigenvalue weighted by atomic mass is 35.5. The second-order valence-electron chi connectivity index (χ2n) is 9.67. The molecule has 2 N–H and O–H groups in total. The largest absolute Gasteiger partial charge is 0.618 e. The molecule has 240 valence electrons. The lowest BCUT2D eigenvalue weighted by molar-refractivity contribution is -0.615. The molecule has 0 aliphatic carbocycles. The molecule has 46 heavy (non-hydrogen) atoms. The molecule has 1 atom stereocenters. The molecule has 0 aliphatic heterocycles. The molecule has 3 heterocycles. The van der Waals surface area contributed by atoms with E-state index in [0.717, 1.165) is 18.3 Å². The Morgan fingerprint density at radius 3 is 2.43 bits per heavy atom. The van der Waals surface area contributed by atoms with Gasteiger partial charge in [-0.05, 0) is 35.9 Å². The Morgan fingerprint density at radius 2 is 1.80 bits per heavy atom. The number of nitrogens with zero attached hydrogens (tertiary/aromatic N) is 6. The molecule has 0 bridgehead atoms. The summed E-state index contributed by atoms with van der Waals surface area (Å²) in [6.45, 7) is -3.64. The molecular weight excluding hydrogens is 651 g/mol. The van der Waals surface area contributed by atoms with E-state index in [1.165, 1.54) is 47.4 Å². The Bertz CT molecular complexity index is 1910. The van der Waals surface area contributed by atoms with Crippen molar-refractivity contribution in [2.45, 2.75) is 25.3 Å². The SMILES string of the molecule is NC(=O)c1ccc(-c2cnn(C(CCOC(F)F)c3ccc(-c4c(-n5cc(C(F)(F)F)nn5)ccc(Cl)c4F)c[n+]3[O-])c2)cc1F. The number of pyridine rings is 1.